The number of aliphatic hydroxyl groups is 1. The fourth-order valence-corrected chi connectivity index (χ4v) is 4.73. The van der Waals surface area contributed by atoms with E-state index in [1.807, 2.05) is 57.3 Å². The van der Waals surface area contributed by atoms with Gasteiger partial charge in [-0.15, -0.1) is 11.3 Å². The van der Waals surface area contributed by atoms with E-state index >= 15 is 0 Å². The van der Waals surface area contributed by atoms with Gasteiger partial charge in [0.15, 0.2) is 0 Å². The molecule has 0 aliphatic heterocycles. The number of benzene rings is 1. The summed E-state index contributed by atoms with van der Waals surface area (Å²) < 4.78 is 5.73. The molecule has 0 fully saturated rings. The van der Waals surface area contributed by atoms with E-state index in [-0.39, 0.29) is 17.8 Å². The van der Waals surface area contributed by atoms with Crippen molar-refractivity contribution in [1.29, 1.82) is 0 Å². The molecule has 3 aromatic rings. The van der Waals surface area contributed by atoms with Crippen molar-refractivity contribution in [3.8, 4) is 11.1 Å². The fourth-order valence-electron chi connectivity index (χ4n) is 3.77. The van der Waals surface area contributed by atoms with E-state index < -0.39 is 6.10 Å². The first-order valence-electron chi connectivity index (χ1n) is 11.1. The Morgan fingerprint density at radius 1 is 1.19 bits per heavy atom. The highest BCUT2D eigenvalue weighted by molar-refractivity contribution is 7.17. The standard InChI is InChI=1S/C25H35N3O3S/c1-16(2)11-28(12-18(29)14-31-25(4,5)6)13-21-26-23(30)22-20(15-32-24(22)27-21)19-10-8-7-9-17(19)3/h7-10,15-16,18,29H,11-14H2,1-6H3,(H,26,27,30)/t18-/m1/s1. The summed E-state index contributed by atoms with van der Waals surface area (Å²) in [6, 6.07) is 8.07. The van der Waals surface area contributed by atoms with Crippen LogP contribution < -0.4 is 5.56 Å². The van der Waals surface area contributed by atoms with Crippen LogP contribution >= 0.6 is 11.3 Å². The van der Waals surface area contributed by atoms with Gasteiger partial charge < -0.3 is 14.8 Å². The smallest absolute Gasteiger partial charge is 0.260 e. The molecule has 0 amide bonds. The lowest BCUT2D eigenvalue weighted by Crippen LogP contribution is -2.39. The number of nitrogens with one attached hydrogen (secondary N) is 1. The van der Waals surface area contributed by atoms with Crippen molar-refractivity contribution >= 4 is 21.6 Å². The average molecular weight is 458 g/mol. The largest absolute Gasteiger partial charge is 0.389 e. The zero-order chi connectivity index (χ0) is 23.5. The van der Waals surface area contributed by atoms with Gasteiger partial charge in [-0.3, -0.25) is 9.69 Å². The van der Waals surface area contributed by atoms with Crippen LogP contribution in [0.1, 0.15) is 46.0 Å². The molecule has 32 heavy (non-hydrogen) atoms. The number of aryl methyl sites for hydroxylation is 1. The molecule has 0 saturated carbocycles. The van der Waals surface area contributed by atoms with Crippen molar-refractivity contribution < 1.29 is 9.84 Å². The molecule has 2 N–H and O–H groups in total. The monoisotopic (exact) mass is 457 g/mol. The Morgan fingerprint density at radius 2 is 1.91 bits per heavy atom. The summed E-state index contributed by atoms with van der Waals surface area (Å²) in [4.78, 5) is 23.6. The van der Waals surface area contributed by atoms with Gasteiger partial charge in [0.1, 0.15) is 10.7 Å². The van der Waals surface area contributed by atoms with Gasteiger partial charge in [-0.05, 0) is 44.7 Å². The Labute approximate surface area is 194 Å². The van der Waals surface area contributed by atoms with Gasteiger partial charge in [-0.2, -0.15) is 0 Å². The highest BCUT2D eigenvalue weighted by atomic mass is 32.1. The van der Waals surface area contributed by atoms with E-state index in [4.69, 9.17) is 9.72 Å². The third-order valence-corrected chi connectivity index (χ3v) is 5.97. The molecule has 1 aromatic carbocycles. The first-order chi connectivity index (χ1) is 15.0. The Hall–Kier alpha value is -2.06. The molecule has 174 valence electrons. The number of nitrogens with zero attached hydrogens (tertiary/aromatic N) is 2. The van der Waals surface area contributed by atoms with Crippen molar-refractivity contribution in [3.63, 3.8) is 0 Å². The van der Waals surface area contributed by atoms with Crippen molar-refractivity contribution in [3.05, 3.63) is 51.4 Å². The maximum absolute atomic E-state index is 13.0. The van der Waals surface area contributed by atoms with E-state index in [9.17, 15) is 9.90 Å². The molecule has 0 aliphatic rings. The lowest BCUT2D eigenvalue weighted by molar-refractivity contribution is -0.0574. The summed E-state index contributed by atoms with van der Waals surface area (Å²) >= 11 is 1.49. The van der Waals surface area contributed by atoms with Crippen LogP contribution in [0, 0.1) is 12.8 Å². The van der Waals surface area contributed by atoms with Crippen molar-refractivity contribution in [2.45, 2.75) is 59.8 Å². The van der Waals surface area contributed by atoms with Gasteiger partial charge in [-0.25, -0.2) is 4.98 Å². The van der Waals surface area contributed by atoms with E-state index in [0.717, 1.165) is 28.1 Å². The van der Waals surface area contributed by atoms with E-state index in [0.29, 0.717) is 30.2 Å². The minimum atomic E-state index is -0.613. The molecule has 0 saturated heterocycles. The van der Waals surface area contributed by atoms with Gasteiger partial charge in [0.25, 0.3) is 5.56 Å². The topological polar surface area (TPSA) is 78.5 Å². The normalized spacial score (nSPS) is 13.4. The minimum Gasteiger partial charge on any atom is -0.389 e. The number of thiophene rings is 1. The number of ether oxygens (including phenoxy) is 1. The SMILES string of the molecule is Cc1ccccc1-c1csc2nc(CN(CC(C)C)C[C@@H](O)COC(C)(C)C)[nH]c(=O)c12. The molecule has 2 aromatic heterocycles. The first-order valence-corrected chi connectivity index (χ1v) is 12.0. The highest BCUT2D eigenvalue weighted by Crippen LogP contribution is 2.32. The van der Waals surface area contributed by atoms with Crippen LogP contribution in [0.4, 0.5) is 0 Å². The van der Waals surface area contributed by atoms with Gasteiger partial charge in [0.2, 0.25) is 0 Å². The molecule has 7 heteroatoms. The Balaban J connectivity index is 1.83. The molecule has 6 nitrogen and oxygen atoms in total. The zero-order valence-corrected chi connectivity index (χ0v) is 20.8. The van der Waals surface area contributed by atoms with Gasteiger partial charge in [0, 0.05) is 24.0 Å². The van der Waals surface area contributed by atoms with E-state index in [2.05, 4.69) is 23.7 Å². The van der Waals surface area contributed by atoms with Crippen LogP contribution in [0.25, 0.3) is 21.3 Å². The second-order valence-corrected chi connectivity index (χ2v) is 10.7. The molecule has 0 spiro atoms. The van der Waals surface area contributed by atoms with E-state index in [1.54, 1.807) is 0 Å². The lowest BCUT2D eigenvalue weighted by Gasteiger charge is -2.28. The summed E-state index contributed by atoms with van der Waals surface area (Å²) in [6.45, 7) is 14.2. The molecule has 0 unspecified atom stereocenters. The van der Waals surface area contributed by atoms with Crippen LogP contribution in [0.15, 0.2) is 34.4 Å². The van der Waals surface area contributed by atoms with Crippen LogP contribution in [0.2, 0.25) is 0 Å². The summed E-state index contributed by atoms with van der Waals surface area (Å²) in [5, 5.41) is 13.2. The number of rotatable bonds is 9. The molecule has 0 aliphatic carbocycles. The number of hydrogen-bond acceptors (Lipinski definition) is 6. The molecule has 2 heterocycles. The second-order valence-electron chi connectivity index (χ2n) is 9.82. The number of aliphatic hydroxyl groups excluding tert-OH is 1. The van der Waals surface area contributed by atoms with Gasteiger partial charge in [0.05, 0.1) is 30.2 Å². The predicted molar refractivity (Wildman–Crippen MR) is 132 cm³/mol. The molecular formula is C25H35N3O3S. The van der Waals surface area contributed by atoms with Crippen LogP contribution in [-0.4, -0.2) is 51.4 Å². The number of H-pyrrole nitrogens is 1. The third-order valence-electron chi connectivity index (χ3n) is 5.10. The molecule has 0 bridgehead atoms. The average Bonchev–Trinajstić information content (AvgIpc) is 3.10. The second kappa shape index (κ2) is 10.3. The van der Waals surface area contributed by atoms with Crippen LogP contribution in [-0.2, 0) is 11.3 Å². The van der Waals surface area contributed by atoms with Crippen molar-refractivity contribution in [2.24, 2.45) is 5.92 Å². The Kier molecular flexibility index (Phi) is 7.88. The summed E-state index contributed by atoms with van der Waals surface area (Å²) in [5.74, 6) is 1.03. The molecule has 1 atom stereocenters. The highest BCUT2D eigenvalue weighted by Gasteiger charge is 2.20. The molecule has 3 rings (SSSR count). The predicted octanol–water partition coefficient (Wildman–Crippen LogP) is 4.59. The summed E-state index contributed by atoms with van der Waals surface area (Å²) in [6.07, 6.45) is -0.613. The summed E-state index contributed by atoms with van der Waals surface area (Å²) in [7, 11) is 0. The van der Waals surface area contributed by atoms with Crippen molar-refractivity contribution in [2.75, 3.05) is 19.7 Å². The van der Waals surface area contributed by atoms with Gasteiger partial charge >= 0.3 is 0 Å². The third kappa shape index (κ3) is 6.48. The fraction of sp³-hybridized carbons (Fsp3) is 0.520. The Morgan fingerprint density at radius 3 is 2.56 bits per heavy atom. The quantitative estimate of drug-likeness (QED) is 0.491. The number of hydrogen-bond donors (Lipinski definition) is 2. The number of aromatic nitrogens is 2. The summed E-state index contributed by atoms with van der Waals surface area (Å²) in [5.41, 5.74) is 2.70. The van der Waals surface area contributed by atoms with E-state index in [1.165, 1.54) is 11.3 Å². The lowest BCUT2D eigenvalue weighted by atomic mass is 10.0. The molecule has 0 radical (unpaired) electrons. The number of fused-ring (bicyclic) bond motifs is 1. The zero-order valence-electron chi connectivity index (χ0n) is 19.9. The van der Waals surface area contributed by atoms with Crippen LogP contribution in [0.5, 0.6) is 0 Å². The maximum atomic E-state index is 13.0. The number of aromatic amines is 1. The Bertz CT molecular complexity index is 1100. The van der Waals surface area contributed by atoms with Crippen molar-refractivity contribution in [1.82, 2.24) is 14.9 Å². The maximum Gasteiger partial charge on any atom is 0.260 e. The van der Waals surface area contributed by atoms with Crippen LogP contribution in [0.3, 0.4) is 0 Å². The first kappa shape index (κ1) is 24.6. The van der Waals surface area contributed by atoms with Gasteiger partial charge in [-0.1, -0.05) is 38.1 Å². The molecular weight excluding hydrogens is 422 g/mol. The minimum absolute atomic E-state index is 0.120.